The summed E-state index contributed by atoms with van der Waals surface area (Å²) in [7, 11) is 0. The number of primary amides is 2. The van der Waals surface area contributed by atoms with Crippen LogP contribution in [0.15, 0.2) is 107 Å². The molecule has 1 aliphatic heterocycles. The Morgan fingerprint density at radius 3 is 1.67 bits per heavy atom. The smallest absolute Gasteiger partial charge is 0.270 e. The molecule has 8 amide bonds. The molecule has 1 aromatic heterocycles. The largest absolute Gasteiger partial charge is 0.370 e. The summed E-state index contributed by atoms with van der Waals surface area (Å²) in [5.41, 5.74) is 34.8. The first-order chi connectivity index (χ1) is 34.5. The van der Waals surface area contributed by atoms with Crippen LogP contribution in [0.3, 0.4) is 0 Å². The molecule has 23 nitrogen and oxygen atoms in total. The number of carbonyl (C=O) groups excluding carboxylic acids is 8. The summed E-state index contributed by atoms with van der Waals surface area (Å²) in [5.74, 6) is -6.61. The zero-order valence-electron chi connectivity index (χ0n) is 39.7. The first kappa shape index (κ1) is 54.3. The van der Waals surface area contributed by atoms with Gasteiger partial charge in [-0.05, 0) is 61.8 Å². The Balaban J connectivity index is 1.40. The molecule has 17 N–H and O–H groups in total. The summed E-state index contributed by atoms with van der Waals surface area (Å²) in [4.78, 5) is 123. The number of guanidine groups is 2. The van der Waals surface area contributed by atoms with E-state index >= 15 is 0 Å². The molecule has 6 atom stereocenters. The van der Waals surface area contributed by atoms with Crippen molar-refractivity contribution in [3.63, 3.8) is 0 Å². The highest BCUT2D eigenvalue weighted by molar-refractivity contribution is 6.00. The maximum absolute atomic E-state index is 14.7. The average molecular weight is 990 g/mol. The second-order valence-corrected chi connectivity index (χ2v) is 17.2. The first-order valence-corrected chi connectivity index (χ1v) is 23.4. The summed E-state index contributed by atoms with van der Waals surface area (Å²) >= 11 is 0. The average Bonchev–Trinajstić information content (AvgIpc) is 3.85. The van der Waals surface area contributed by atoms with Crippen molar-refractivity contribution in [3.05, 3.63) is 114 Å². The van der Waals surface area contributed by atoms with Crippen LogP contribution in [0, 0.1) is 0 Å². The minimum absolute atomic E-state index is 0.00612. The highest BCUT2D eigenvalue weighted by atomic mass is 16.2. The second kappa shape index (κ2) is 26.9. The van der Waals surface area contributed by atoms with Crippen molar-refractivity contribution in [1.29, 1.82) is 0 Å². The van der Waals surface area contributed by atoms with E-state index < -0.39 is 89.9 Å². The van der Waals surface area contributed by atoms with Crippen LogP contribution in [0.1, 0.15) is 66.6 Å². The minimum atomic E-state index is -1.48. The number of aliphatic imine (C=N–C) groups is 2. The number of carbonyl (C=O) groups is 8. The number of hydrogen-bond donors (Lipinski definition) is 11. The number of nitrogens with zero attached hydrogens (tertiary/aromatic N) is 4. The fraction of sp³-hybridized carbons (Fsp3) is 0.367. The van der Waals surface area contributed by atoms with Gasteiger partial charge in [0.15, 0.2) is 11.9 Å². The standard InChI is InChI=1S/C49H63N15O8/c50-40(65)28-36(41(51)66)61-42(67)33(18-9-23-56-48(52)53)59-46(71)39-20-11-25-64(39)47(72)35(19-10-24-57-49(54)55)60-44(69)37(26-29-12-3-1-4-13-29)63-45(70)38(27-30-14-5-2-6-15-30)62-43(68)34-22-21-31-16-7-8-17-32(31)58-34/h1-8,12-17,21-22,33,35-39H,9-11,18-20,23-28H2,(H2,50,65)(H2,51,66)(H,59,71)(H,60,69)(H,61,67)(H,62,68)(H,63,70)(H4,52,53,56)(H4,54,55,57)/t33-,35-,36-,37-,38-,39-/m0/s1. The number of fused-ring (bicyclic) bond motifs is 1. The molecule has 1 saturated heterocycles. The van der Waals surface area contributed by atoms with Crippen molar-refractivity contribution < 1.29 is 38.4 Å². The van der Waals surface area contributed by atoms with E-state index in [0.717, 1.165) is 10.9 Å². The zero-order chi connectivity index (χ0) is 52.2. The molecule has 72 heavy (non-hydrogen) atoms. The van der Waals surface area contributed by atoms with Crippen molar-refractivity contribution in [2.75, 3.05) is 19.6 Å². The van der Waals surface area contributed by atoms with E-state index in [4.69, 9.17) is 34.4 Å². The Hall–Kier alpha value is -8.63. The van der Waals surface area contributed by atoms with Crippen LogP contribution >= 0.6 is 0 Å². The van der Waals surface area contributed by atoms with Crippen LogP contribution in [-0.4, -0.2) is 125 Å². The first-order valence-electron chi connectivity index (χ1n) is 23.4. The molecule has 5 rings (SSSR count). The number of rotatable bonds is 26. The van der Waals surface area contributed by atoms with Gasteiger partial charge in [-0.1, -0.05) is 84.9 Å². The van der Waals surface area contributed by atoms with Crippen molar-refractivity contribution in [2.45, 2.75) is 94.0 Å². The van der Waals surface area contributed by atoms with Gasteiger partial charge in [-0.15, -0.1) is 0 Å². The highest BCUT2D eigenvalue weighted by Gasteiger charge is 2.40. The summed E-state index contributed by atoms with van der Waals surface area (Å²) in [6.07, 6.45) is 0.325. The van der Waals surface area contributed by atoms with Gasteiger partial charge in [0.05, 0.1) is 11.9 Å². The predicted octanol–water partition coefficient (Wildman–Crippen LogP) is -1.78. The second-order valence-electron chi connectivity index (χ2n) is 17.2. The number of nitrogens with two attached hydrogens (primary N) is 6. The van der Waals surface area contributed by atoms with E-state index in [-0.39, 0.29) is 82.2 Å². The molecular formula is C49H63N15O8. The minimum Gasteiger partial charge on any atom is -0.370 e. The molecule has 0 unspecified atom stereocenters. The highest BCUT2D eigenvalue weighted by Crippen LogP contribution is 2.21. The van der Waals surface area contributed by atoms with Crippen LogP contribution in [0.25, 0.3) is 10.9 Å². The summed E-state index contributed by atoms with van der Waals surface area (Å²) < 4.78 is 0. The van der Waals surface area contributed by atoms with Crippen molar-refractivity contribution >= 4 is 70.1 Å². The van der Waals surface area contributed by atoms with Gasteiger partial charge in [0.25, 0.3) is 5.91 Å². The molecule has 4 aromatic rings. The normalized spacial score (nSPS) is 15.1. The summed E-state index contributed by atoms with van der Waals surface area (Å²) in [5, 5.41) is 14.3. The Morgan fingerprint density at radius 1 is 0.583 bits per heavy atom. The lowest BCUT2D eigenvalue weighted by Crippen LogP contribution is -2.60. The maximum Gasteiger partial charge on any atom is 0.270 e. The van der Waals surface area contributed by atoms with Gasteiger partial charge in [0.2, 0.25) is 41.4 Å². The lowest BCUT2D eigenvalue weighted by molar-refractivity contribution is -0.142. The van der Waals surface area contributed by atoms with E-state index in [0.29, 0.717) is 17.5 Å². The Kier molecular flexibility index (Phi) is 20.3. The topological polar surface area (TPSA) is 394 Å². The van der Waals surface area contributed by atoms with Crippen LogP contribution in [0.4, 0.5) is 0 Å². The van der Waals surface area contributed by atoms with Crippen molar-refractivity contribution in [1.82, 2.24) is 36.5 Å². The van der Waals surface area contributed by atoms with Crippen LogP contribution in [0.5, 0.6) is 0 Å². The SMILES string of the molecule is NC(=O)C[C@H](NC(=O)[C@H](CCCN=C(N)N)NC(=O)[C@@H]1CCCN1C(=O)[C@H](CCCN=C(N)N)NC(=O)[C@H](Cc1ccccc1)NC(=O)[C@H](Cc1ccccc1)NC(=O)c1ccc2ccccc2n1)C(N)=O. The van der Waals surface area contributed by atoms with Gasteiger partial charge in [-0.3, -0.25) is 48.3 Å². The van der Waals surface area contributed by atoms with E-state index in [9.17, 15) is 38.4 Å². The van der Waals surface area contributed by atoms with Crippen LogP contribution in [-0.2, 0) is 46.4 Å². The number of pyridine rings is 1. The molecule has 1 aliphatic rings. The van der Waals surface area contributed by atoms with E-state index in [1.165, 1.54) is 4.90 Å². The molecule has 382 valence electrons. The third-order valence-electron chi connectivity index (χ3n) is 11.7. The molecular weight excluding hydrogens is 927 g/mol. The van der Waals surface area contributed by atoms with Gasteiger partial charge in [-0.25, -0.2) is 4.98 Å². The molecule has 0 aliphatic carbocycles. The Labute approximate surface area is 415 Å². The Bertz CT molecular complexity index is 2610. The lowest BCUT2D eigenvalue weighted by atomic mass is 10.0. The fourth-order valence-electron chi connectivity index (χ4n) is 8.09. The lowest BCUT2D eigenvalue weighted by Gasteiger charge is -2.31. The summed E-state index contributed by atoms with van der Waals surface area (Å²) in [6, 6.07) is 20.8. The van der Waals surface area contributed by atoms with Crippen LogP contribution < -0.4 is 61.0 Å². The van der Waals surface area contributed by atoms with Gasteiger partial charge in [-0.2, -0.15) is 0 Å². The van der Waals surface area contributed by atoms with E-state index in [1.54, 1.807) is 78.9 Å². The van der Waals surface area contributed by atoms with E-state index in [1.807, 2.05) is 18.2 Å². The number of nitrogens with one attached hydrogen (secondary N) is 5. The van der Waals surface area contributed by atoms with Gasteiger partial charge in [0.1, 0.15) is 41.9 Å². The molecule has 3 aromatic carbocycles. The van der Waals surface area contributed by atoms with Crippen LogP contribution in [0.2, 0.25) is 0 Å². The number of para-hydroxylation sites is 1. The molecule has 2 heterocycles. The fourth-order valence-corrected chi connectivity index (χ4v) is 8.09. The molecule has 23 heteroatoms. The number of hydrogen-bond acceptors (Lipinski definition) is 11. The zero-order valence-corrected chi connectivity index (χ0v) is 39.7. The van der Waals surface area contributed by atoms with E-state index in [2.05, 4.69) is 41.6 Å². The molecule has 0 spiro atoms. The van der Waals surface area contributed by atoms with Crippen molar-refractivity contribution in [3.8, 4) is 0 Å². The molecule has 0 radical (unpaired) electrons. The molecule has 1 fully saturated rings. The van der Waals surface area contributed by atoms with Crippen molar-refractivity contribution in [2.24, 2.45) is 44.4 Å². The third-order valence-corrected chi connectivity index (χ3v) is 11.7. The monoisotopic (exact) mass is 989 g/mol. The molecule has 0 saturated carbocycles. The number of likely N-dealkylation sites (tertiary alicyclic amines) is 1. The van der Waals surface area contributed by atoms with Gasteiger partial charge < -0.3 is 65.9 Å². The number of aromatic nitrogens is 1. The van der Waals surface area contributed by atoms with Gasteiger partial charge >= 0.3 is 0 Å². The number of amides is 8. The maximum atomic E-state index is 14.7. The number of benzene rings is 3. The summed E-state index contributed by atoms with van der Waals surface area (Å²) in [6.45, 7) is 0.258. The quantitative estimate of drug-likeness (QED) is 0.0189. The van der Waals surface area contributed by atoms with Gasteiger partial charge in [0, 0.05) is 37.9 Å². The predicted molar refractivity (Wildman–Crippen MR) is 269 cm³/mol. The Morgan fingerprint density at radius 2 is 1.10 bits per heavy atom. The third kappa shape index (κ3) is 16.8. The molecule has 0 bridgehead atoms.